The van der Waals surface area contributed by atoms with Gasteiger partial charge in [-0.25, -0.2) is 4.79 Å². The number of nitrogens with zero attached hydrogens (tertiary/aromatic N) is 3. The van der Waals surface area contributed by atoms with Crippen molar-refractivity contribution in [2.45, 2.75) is 45.7 Å². The van der Waals surface area contributed by atoms with E-state index in [-0.39, 0.29) is 11.3 Å². The lowest BCUT2D eigenvalue weighted by atomic mass is 9.87. The quantitative estimate of drug-likeness (QED) is 0.570. The molecule has 0 radical (unpaired) electrons. The lowest BCUT2D eigenvalue weighted by Gasteiger charge is -2.31. The van der Waals surface area contributed by atoms with Gasteiger partial charge in [-0.3, -0.25) is 9.69 Å². The first-order valence-corrected chi connectivity index (χ1v) is 11.6. The monoisotopic (exact) mass is 551 g/mol. The number of likely N-dealkylation sites (tertiary alicyclic amines) is 1. The summed E-state index contributed by atoms with van der Waals surface area (Å²) in [6.45, 7) is 7.18. The van der Waals surface area contributed by atoms with Crippen LogP contribution in [0.1, 0.15) is 34.6 Å². The van der Waals surface area contributed by atoms with E-state index in [0.717, 1.165) is 17.3 Å². The molecule has 1 unspecified atom stereocenters. The van der Waals surface area contributed by atoms with Crippen LogP contribution in [0, 0.1) is 19.3 Å². The van der Waals surface area contributed by atoms with Crippen LogP contribution in [0.25, 0.3) is 0 Å². The van der Waals surface area contributed by atoms with Crippen LogP contribution in [0.3, 0.4) is 0 Å². The van der Waals surface area contributed by atoms with Gasteiger partial charge in [0.15, 0.2) is 0 Å². The maximum Gasteiger partial charge on any atom is 0.490 e. The zero-order valence-corrected chi connectivity index (χ0v) is 20.7. The van der Waals surface area contributed by atoms with Crippen LogP contribution in [-0.4, -0.2) is 71.0 Å². The van der Waals surface area contributed by atoms with E-state index in [1.165, 1.54) is 12.1 Å². The van der Waals surface area contributed by atoms with Crippen LogP contribution < -0.4 is 0 Å². The van der Waals surface area contributed by atoms with Crippen molar-refractivity contribution in [1.29, 1.82) is 0 Å². The molecule has 2 aliphatic heterocycles. The largest absolute Gasteiger partial charge is 0.490 e. The van der Waals surface area contributed by atoms with E-state index in [1.54, 1.807) is 6.07 Å². The Labute approximate surface area is 214 Å². The van der Waals surface area contributed by atoms with Crippen molar-refractivity contribution in [3.8, 4) is 0 Å². The fourth-order valence-electron chi connectivity index (χ4n) is 4.57. The van der Waals surface area contributed by atoms with Gasteiger partial charge in [-0.15, -0.1) is 0 Å². The second-order valence-electron chi connectivity index (χ2n) is 9.49. The third-order valence-corrected chi connectivity index (χ3v) is 6.36. The maximum atomic E-state index is 13.1. The summed E-state index contributed by atoms with van der Waals surface area (Å²) in [5, 5.41) is 11.1. The molecular weight excluding hydrogens is 524 g/mol. The van der Waals surface area contributed by atoms with Crippen LogP contribution in [0.5, 0.6) is 0 Å². The number of hydrogen-bond acceptors (Lipinski definition) is 6. The Bertz CT molecular complexity index is 1130. The molecular formula is C24H27F6N3O5. The van der Waals surface area contributed by atoms with E-state index < -0.39 is 23.9 Å². The number of benzene rings is 1. The number of halogens is 6. The predicted molar refractivity (Wildman–Crippen MR) is 120 cm³/mol. The summed E-state index contributed by atoms with van der Waals surface area (Å²) >= 11 is 0. The second kappa shape index (κ2) is 11.3. The number of hydrogen-bond donors (Lipinski definition) is 1. The van der Waals surface area contributed by atoms with E-state index in [9.17, 15) is 31.1 Å². The minimum atomic E-state index is -5.08. The van der Waals surface area contributed by atoms with Gasteiger partial charge in [-0.1, -0.05) is 23.4 Å². The Balaban J connectivity index is 0.000000505. The maximum absolute atomic E-state index is 13.1. The van der Waals surface area contributed by atoms with E-state index in [4.69, 9.17) is 19.2 Å². The Hall–Kier alpha value is -3.13. The summed E-state index contributed by atoms with van der Waals surface area (Å²) in [7, 11) is 0. The lowest BCUT2D eigenvalue weighted by Crippen LogP contribution is -2.40. The Morgan fingerprint density at radius 3 is 2.39 bits per heavy atom. The minimum Gasteiger partial charge on any atom is -0.475 e. The average molecular weight is 551 g/mol. The Kier molecular flexibility index (Phi) is 8.76. The molecule has 1 aromatic carbocycles. The van der Waals surface area contributed by atoms with E-state index in [2.05, 4.69) is 10.1 Å². The van der Waals surface area contributed by atoms with Gasteiger partial charge in [0, 0.05) is 43.6 Å². The number of amides is 1. The highest BCUT2D eigenvalue weighted by molar-refractivity contribution is 5.79. The number of aromatic nitrogens is 1. The molecule has 8 nitrogen and oxygen atoms in total. The Morgan fingerprint density at radius 2 is 1.82 bits per heavy atom. The van der Waals surface area contributed by atoms with Crippen molar-refractivity contribution in [3.63, 3.8) is 0 Å². The van der Waals surface area contributed by atoms with Crippen molar-refractivity contribution in [2.75, 3.05) is 32.8 Å². The molecule has 0 saturated carbocycles. The Morgan fingerprint density at radius 1 is 1.13 bits per heavy atom. The molecule has 38 heavy (non-hydrogen) atoms. The highest BCUT2D eigenvalue weighted by Gasteiger charge is 2.46. The third-order valence-electron chi connectivity index (χ3n) is 6.36. The molecule has 2 aliphatic rings. The first-order valence-electron chi connectivity index (χ1n) is 11.6. The van der Waals surface area contributed by atoms with Gasteiger partial charge in [0.05, 0.1) is 31.0 Å². The van der Waals surface area contributed by atoms with Gasteiger partial charge >= 0.3 is 18.3 Å². The van der Waals surface area contributed by atoms with E-state index in [1.807, 2.05) is 18.7 Å². The highest BCUT2D eigenvalue weighted by Crippen LogP contribution is 2.36. The summed E-state index contributed by atoms with van der Waals surface area (Å²) in [5.41, 5.74) is 1.26. The van der Waals surface area contributed by atoms with Crippen molar-refractivity contribution >= 4 is 11.9 Å². The van der Waals surface area contributed by atoms with Crippen molar-refractivity contribution in [3.05, 3.63) is 52.4 Å². The summed E-state index contributed by atoms with van der Waals surface area (Å²) in [6, 6.07) is 5.42. The number of rotatable bonds is 4. The number of carboxylic acids is 1. The summed E-state index contributed by atoms with van der Waals surface area (Å²) in [5.74, 6) is -2.01. The first-order chi connectivity index (χ1) is 17.6. The minimum absolute atomic E-state index is 0.0459. The van der Waals surface area contributed by atoms with Crippen LogP contribution in [0.2, 0.25) is 0 Å². The van der Waals surface area contributed by atoms with Crippen LogP contribution >= 0.6 is 0 Å². The molecule has 14 heteroatoms. The highest BCUT2D eigenvalue weighted by atomic mass is 19.4. The zero-order chi connectivity index (χ0) is 28.3. The van der Waals surface area contributed by atoms with Gasteiger partial charge in [-0.2, -0.15) is 26.3 Å². The number of aryl methyl sites for hydroxylation is 2. The zero-order valence-electron chi connectivity index (χ0n) is 20.7. The molecule has 2 aromatic rings. The molecule has 1 aromatic heterocycles. The molecule has 1 atom stereocenters. The van der Waals surface area contributed by atoms with Gasteiger partial charge in [0.25, 0.3) is 0 Å². The van der Waals surface area contributed by atoms with Crippen LogP contribution in [0.15, 0.2) is 28.8 Å². The van der Waals surface area contributed by atoms with Gasteiger partial charge < -0.3 is 19.3 Å². The number of alkyl halides is 6. The molecule has 210 valence electrons. The summed E-state index contributed by atoms with van der Waals surface area (Å²) in [6.07, 6.45) is -9.09. The third kappa shape index (κ3) is 7.47. The van der Waals surface area contributed by atoms with E-state index >= 15 is 0 Å². The molecule has 0 aliphatic carbocycles. The number of carbonyl (C=O) groups is 2. The molecule has 2 fully saturated rings. The van der Waals surface area contributed by atoms with Crippen molar-refractivity contribution < 1.29 is 50.3 Å². The normalized spacial score (nSPS) is 20.8. The average Bonchev–Trinajstić information content (AvgIpc) is 3.20. The molecule has 1 amide bonds. The lowest BCUT2D eigenvalue weighted by molar-refractivity contribution is -0.192. The molecule has 0 bridgehead atoms. The number of carboxylic acid groups (broad SMARTS) is 1. The number of aliphatic carboxylic acids is 1. The standard InChI is InChI=1S/C22H26F3N3O3.C2HF3O2/c1-15-19(16(2)31-26-15)11-28-13-21(9-20(28)29)12-27(6-7-30-14-21)10-17-4-3-5-18(8-17)22(23,24)25;3-2(4,5)1(6)7/h3-5,8H,6-7,9-14H2,1-2H3;(H,6,7). The second-order valence-corrected chi connectivity index (χ2v) is 9.49. The summed E-state index contributed by atoms with van der Waals surface area (Å²) in [4.78, 5) is 25.6. The number of carbonyl (C=O) groups excluding carboxylic acids is 1. The van der Waals surface area contributed by atoms with Gasteiger partial charge in [0.1, 0.15) is 5.76 Å². The fourth-order valence-corrected chi connectivity index (χ4v) is 4.57. The molecule has 1 N–H and O–H groups in total. The number of ether oxygens (including phenoxy) is 1. The van der Waals surface area contributed by atoms with Gasteiger partial charge in [-0.05, 0) is 25.5 Å². The fraction of sp³-hybridized carbons (Fsp3) is 0.542. The first kappa shape index (κ1) is 29.4. The van der Waals surface area contributed by atoms with E-state index in [0.29, 0.717) is 63.7 Å². The molecule has 4 rings (SSSR count). The van der Waals surface area contributed by atoms with Crippen LogP contribution in [-0.2, 0) is 33.6 Å². The van der Waals surface area contributed by atoms with Crippen LogP contribution in [0.4, 0.5) is 26.3 Å². The van der Waals surface area contributed by atoms with Gasteiger partial charge in [0.2, 0.25) is 5.91 Å². The SMILES string of the molecule is Cc1noc(C)c1CN1CC2(COCCN(Cc3cccc(C(F)(F)F)c3)C2)CC1=O.O=C(O)C(F)(F)F. The topological polar surface area (TPSA) is 96.1 Å². The van der Waals surface area contributed by atoms with Crippen molar-refractivity contribution in [2.24, 2.45) is 5.41 Å². The van der Waals surface area contributed by atoms with Crippen molar-refractivity contribution in [1.82, 2.24) is 15.0 Å². The smallest absolute Gasteiger partial charge is 0.475 e. The summed E-state index contributed by atoms with van der Waals surface area (Å²) < 4.78 is 82.0. The molecule has 1 spiro atoms. The predicted octanol–water partition coefficient (Wildman–Crippen LogP) is 4.19. The molecule has 3 heterocycles. The molecule has 2 saturated heterocycles.